The van der Waals surface area contributed by atoms with E-state index in [2.05, 4.69) is 22.4 Å². The van der Waals surface area contributed by atoms with Gasteiger partial charge in [0.25, 0.3) is 5.89 Å². The van der Waals surface area contributed by atoms with Gasteiger partial charge in [0.05, 0.1) is 0 Å². The van der Waals surface area contributed by atoms with Gasteiger partial charge in [-0.25, -0.2) is 0 Å². The first kappa shape index (κ1) is 11.5. The molecule has 1 aliphatic heterocycles. The van der Waals surface area contributed by atoms with Crippen LogP contribution in [0.2, 0.25) is 0 Å². The van der Waals surface area contributed by atoms with E-state index in [0.717, 1.165) is 43.9 Å². The highest BCUT2D eigenvalue weighted by Gasteiger charge is 2.22. The predicted molar refractivity (Wildman–Crippen MR) is 66.2 cm³/mol. The quantitative estimate of drug-likeness (QED) is 0.902. The lowest BCUT2D eigenvalue weighted by atomic mass is 9.98. The average Bonchev–Trinajstić information content (AvgIpc) is 3.08. The molecule has 18 heavy (non-hydrogen) atoms. The van der Waals surface area contributed by atoms with Crippen LogP contribution in [0.3, 0.4) is 0 Å². The largest absolute Gasteiger partial charge is 0.456 e. The van der Waals surface area contributed by atoms with Crippen molar-refractivity contribution < 1.29 is 8.94 Å². The molecule has 0 saturated carbocycles. The van der Waals surface area contributed by atoms with Crippen molar-refractivity contribution in [2.75, 3.05) is 13.1 Å². The fourth-order valence-electron chi connectivity index (χ4n) is 2.26. The first-order chi connectivity index (χ1) is 8.86. The van der Waals surface area contributed by atoms with Crippen molar-refractivity contribution >= 4 is 0 Å². The molecule has 1 fully saturated rings. The van der Waals surface area contributed by atoms with Crippen LogP contribution < -0.4 is 5.32 Å². The van der Waals surface area contributed by atoms with Crippen molar-refractivity contribution in [2.45, 2.75) is 32.1 Å². The Balaban J connectivity index is 1.79. The molecule has 2 aromatic rings. The minimum Gasteiger partial charge on any atom is -0.456 e. The lowest BCUT2D eigenvalue weighted by Crippen LogP contribution is -2.27. The molecule has 5 nitrogen and oxygen atoms in total. The van der Waals surface area contributed by atoms with E-state index in [0.29, 0.717) is 17.6 Å². The van der Waals surface area contributed by atoms with Gasteiger partial charge in [-0.15, -0.1) is 0 Å². The maximum atomic E-state index is 5.61. The van der Waals surface area contributed by atoms with Gasteiger partial charge in [0.2, 0.25) is 0 Å². The number of piperidine rings is 1. The van der Waals surface area contributed by atoms with E-state index in [9.17, 15) is 0 Å². The zero-order chi connectivity index (χ0) is 12.4. The zero-order valence-electron chi connectivity index (χ0n) is 10.5. The Morgan fingerprint density at radius 2 is 2.17 bits per heavy atom. The highest BCUT2D eigenvalue weighted by atomic mass is 16.5. The van der Waals surface area contributed by atoms with E-state index in [1.54, 1.807) is 0 Å². The Bertz CT molecular complexity index is 512. The normalized spacial score (nSPS) is 17.2. The maximum absolute atomic E-state index is 5.61. The van der Waals surface area contributed by atoms with Crippen LogP contribution in [0, 0.1) is 0 Å². The molecule has 1 aliphatic rings. The molecule has 1 saturated heterocycles. The molecule has 1 N–H and O–H groups in total. The van der Waals surface area contributed by atoms with Crippen molar-refractivity contribution in [3.05, 3.63) is 23.7 Å². The summed E-state index contributed by atoms with van der Waals surface area (Å²) in [5.74, 6) is 3.31. The second kappa shape index (κ2) is 4.94. The highest BCUT2D eigenvalue weighted by Crippen LogP contribution is 2.26. The third-order valence-corrected chi connectivity index (χ3v) is 3.37. The zero-order valence-corrected chi connectivity index (χ0v) is 10.5. The Morgan fingerprint density at radius 3 is 2.89 bits per heavy atom. The van der Waals surface area contributed by atoms with Crippen molar-refractivity contribution in [3.8, 4) is 11.7 Å². The van der Waals surface area contributed by atoms with Crippen LogP contribution >= 0.6 is 0 Å². The van der Waals surface area contributed by atoms with Crippen molar-refractivity contribution in [1.29, 1.82) is 0 Å². The number of nitrogens with zero attached hydrogens (tertiary/aromatic N) is 2. The summed E-state index contributed by atoms with van der Waals surface area (Å²) in [7, 11) is 0. The van der Waals surface area contributed by atoms with Gasteiger partial charge in [0.1, 0.15) is 5.76 Å². The van der Waals surface area contributed by atoms with Crippen LogP contribution in [0.1, 0.15) is 37.3 Å². The Kier molecular flexibility index (Phi) is 3.15. The molecule has 0 atom stereocenters. The van der Waals surface area contributed by atoms with Gasteiger partial charge >= 0.3 is 0 Å². The van der Waals surface area contributed by atoms with Gasteiger partial charge < -0.3 is 14.3 Å². The summed E-state index contributed by atoms with van der Waals surface area (Å²) in [6.07, 6.45) is 3.00. The van der Waals surface area contributed by atoms with Gasteiger partial charge in [0, 0.05) is 12.3 Å². The van der Waals surface area contributed by atoms with E-state index in [1.807, 2.05) is 12.1 Å². The molecule has 96 valence electrons. The fraction of sp³-hybridized carbons (Fsp3) is 0.538. The van der Waals surface area contributed by atoms with Gasteiger partial charge in [-0.05, 0) is 38.1 Å². The summed E-state index contributed by atoms with van der Waals surface area (Å²) in [5, 5.41) is 7.41. The summed E-state index contributed by atoms with van der Waals surface area (Å²) in [4.78, 5) is 4.45. The monoisotopic (exact) mass is 247 g/mol. The van der Waals surface area contributed by atoms with E-state index < -0.39 is 0 Å². The first-order valence-corrected chi connectivity index (χ1v) is 6.50. The van der Waals surface area contributed by atoms with Crippen LogP contribution in [-0.2, 0) is 6.42 Å². The average molecular weight is 247 g/mol. The minimum atomic E-state index is 0.407. The number of rotatable bonds is 3. The molecule has 0 bridgehead atoms. The Morgan fingerprint density at radius 1 is 1.33 bits per heavy atom. The molecule has 3 rings (SSSR count). The summed E-state index contributed by atoms with van der Waals surface area (Å²) in [6, 6.07) is 3.84. The van der Waals surface area contributed by atoms with Crippen molar-refractivity contribution in [2.24, 2.45) is 0 Å². The lowest BCUT2D eigenvalue weighted by molar-refractivity contribution is 0.384. The number of aryl methyl sites for hydroxylation is 1. The third-order valence-electron chi connectivity index (χ3n) is 3.37. The summed E-state index contributed by atoms with van der Waals surface area (Å²) in [5.41, 5.74) is 0. The molecule has 0 aliphatic carbocycles. The molecule has 2 aromatic heterocycles. The second-order valence-electron chi connectivity index (χ2n) is 4.60. The molecular formula is C13H17N3O2. The van der Waals surface area contributed by atoms with Crippen LogP contribution in [0.5, 0.6) is 0 Å². The number of hydrogen-bond acceptors (Lipinski definition) is 5. The summed E-state index contributed by atoms with van der Waals surface area (Å²) < 4.78 is 10.9. The molecule has 0 aromatic carbocycles. The van der Waals surface area contributed by atoms with Crippen LogP contribution in [0.15, 0.2) is 21.1 Å². The first-order valence-electron chi connectivity index (χ1n) is 6.50. The summed E-state index contributed by atoms with van der Waals surface area (Å²) >= 11 is 0. The SMILES string of the molecule is CCc1ccc(-c2nc(C3CCNCC3)no2)o1. The van der Waals surface area contributed by atoms with Gasteiger partial charge in [0.15, 0.2) is 11.6 Å². The van der Waals surface area contributed by atoms with Gasteiger partial charge in [-0.1, -0.05) is 12.1 Å². The summed E-state index contributed by atoms with van der Waals surface area (Å²) in [6.45, 7) is 4.10. The molecule has 0 amide bonds. The molecule has 3 heterocycles. The lowest BCUT2D eigenvalue weighted by Gasteiger charge is -2.18. The Labute approximate surface area is 106 Å². The minimum absolute atomic E-state index is 0.407. The standard InChI is InChI=1S/C13H17N3O2/c1-2-10-3-4-11(17-10)13-15-12(16-18-13)9-5-7-14-8-6-9/h3-4,9,14H,2,5-8H2,1H3. The number of hydrogen-bond donors (Lipinski definition) is 1. The number of nitrogens with one attached hydrogen (secondary N) is 1. The van der Waals surface area contributed by atoms with E-state index >= 15 is 0 Å². The third kappa shape index (κ3) is 2.18. The fourth-order valence-corrected chi connectivity index (χ4v) is 2.26. The van der Waals surface area contributed by atoms with Gasteiger partial charge in [-0.3, -0.25) is 0 Å². The molecular weight excluding hydrogens is 230 g/mol. The second-order valence-corrected chi connectivity index (χ2v) is 4.60. The molecule has 0 radical (unpaired) electrons. The molecule has 5 heteroatoms. The van der Waals surface area contributed by atoms with Crippen LogP contribution in [-0.4, -0.2) is 23.2 Å². The molecule has 0 spiro atoms. The topological polar surface area (TPSA) is 64.1 Å². The van der Waals surface area contributed by atoms with Crippen molar-refractivity contribution in [3.63, 3.8) is 0 Å². The number of furan rings is 1. The highest BCUT2D eigenvalue weighted by molar-refractivity contribution is 5.44. The van der Waals surface area contributed by atoms with Crippen LogP contribution in [0.4, 0.5) is 0 Å². The smallest absolute Gasteiger partial charge is 0.293 e. The van der Waals surface area contributed by atoms with E-state index in [4.69, 9.17) is 8.94 Å². The predicted octanol–water partition coefficient (Wildman–Crippen LogP) is 2.36. The Hall–Kier alpha value is -1.62. The maximum Gasteiger partial charge on any atom is 0.293 e. The van der Waals surface area contributed by atoms with Gasteiger partial charge in [-0.2, -0.15) is 4.98 Å². The van der Waals surface area contributed by atoms with E-state index in [1.165, 1.54) is 0 Å². The van der Waals surface area contributed by atoms with E-state index in [-0.39, 0.29) is 0 Å². The molecule has 0 unspecified atom stereocenters. The van der Waals surface area contributed by atoms with Crippen molar-refractivity contribution in [1.82, 2.24) is 15.5 Å². The number of aromatic nitrogens is 2. The van der Waals surface area contributed by atoms with Crippen LogP contribution in [0.25, 0.3) is 11.7 Å².